The lowest BCUT2D eigenvalue weighted by Gasteiger charge is -2.11. The lowest BCUT2D eigenvalue weighted by Crippen LogP contribution is -2.00. The van der Waals surface area contributed by atoms with Gasteiger partial charge < -0.3 is 4.42 Å². The first-order chi connectivity index (χ1) is 24.3. The molecule has 0 saturated heterocycles. The molecule has 0 atom stereocenters. The average Bonchev–Trinajstić information content (AvgIpc) is 3.82. The van der Waals surface area contributed by atoms with Crippen LogP contribution in [0.25, 0.3) is 90.0 Å². The average molecular weight is 631 g/mol. The molecule has 0 radical (unpaired) electrons. The molecule has 4 heterocycles. The fraction of sp³-hybridized carbons (Fsp3) is 0. The van der Waals surface area contributed by atoms with Crippen LogP contribution < -0.4 is 0 Å². The maximum atomic E-state index is 6.20. The molecule has 0 saturated carbocycles. The van der Waals surface area contributed by atoms with Crippen molar-refractivity contribution in [1.82, 2.24) is 28.9 Å². The minimum Gasteiger partial charge on any atom is -0.436 e. The molecule has 0 unspecified atom stereocenters. The predicted molar refractivity (Wildman–Crippen MR) is 194 cm³/mol. The molecule has 0 N–H and O–H groups in total. The van der Waals surface area contributed by atoms with Gasteiger partial charge in [0.15, 0.2) is 17.5 Å². The molecule has 7 nitrogen and oxygen atoms in total. The highest BCUT2D eigenvalue weighted by molar-refractivity contribution is 6.05. The number of para-hydroxylation sites is 3. The minimum absolute atomic E-state index is 0.621. The Morgan fingerprint density at radius 2 is 0.980 bits per heavy atom. The Labute approximate surface area is 280 Å². The van der Waals surface area contributed by atoms with Gasteiger partial charge in [-0.05, 0) is 53.6 Å². The third kappa shape index (κ3) is 4.44. The molecule has 0 fully saturated rings. The maximum Gasteiger partial charge on any atom is 0.248 e. The van der Waals surface area contributed by atoms with Crippen molar-refractivity contribution < 1.29 is 4.42 Å². The van der Waals surface area contributed by atoms with Gasteiger partial charge in [0.1, 0.15) is 11.1 Å². The van der Waals surface area contributed by atoms with Gasteiger partial charge in [-0.3, -0.25) is 8.97 Å². The van der Waals surface area contributed by atoms with Gasteiger partial charge in [-0.2, -0.15) is 4.98 Å². The van der Waals surface area contributed by atoms with Crippen LogP contribution in [0.15, 0.2) is 162 Å². The summed E-state index contributed by atoms with van der Waals surface area (Å²) >= 11 is 0. The van der Waals surface area contributed by atoms with E-state index < -0.39 is 0 Å². The molecule has 0 aliphatic heterocycles. The van der Waals surface area contributed by atoms with E-state index in [1.54, 1.807) is 0 Å². The van der Waals surface area contributed by atoms with Crippen LogP contribution >= 0.6 is 0 Å². The molecular weight excluding hydrogens is 605 g/mol. The van der Waals surface area contributed by atoms with Gasteiger partial charge in [-0.25, -0.2) is 15.0 Å². The smallest absolute Gasteiger partial charge is 0.248 e. The van der Waals surface area contributed by atoms with E-state index in [4.69, 9.17) is 24.4 Å². The van der Waals surface area contributed by atoms with E-state index in [0.29, 0.717) is 23.2 Å². The van der Waals surface area contributed by atoms with Crippen molar-refractivity contribution in [1.29, 1.82) is 0 Å². The van der Waals surface area contributed by atoms with Gasteiger partial charge in [0, 0.05) is 27.8 Å². The Morgan fingerprint density at radius 3 is 1.71 bits per heavy atom. The summed E-state index contributed by atoms with van der Waals surface area (Å²) in [6.45, 7) is 0. The van der Waals surface area contributed by atoms with Crippen molar-refractivity contribution in [2.75, 3.05) is 0 Å². The van der Waals surface area contributed by atoms with Gasteiger partial charge in [0.25, 0.3) is 0 Å². The Balaban J connectivity index is 1.11. The monoisotopic (exact) mass is 630 g/mol. The summed E-state index contributed by atoms with van der Waals surface area (Å²) in [6, 6.07) is 53.5. The van der Waals surface area contributed by atoms with E-state index in [1.165, 1.54) is 0 Å². The van der Waals surface area contributed by atoms with Gasteiger partial charge in [0.05, 0.1) is 11.0 Å². The van der Waals surface area contributed by atoms with E-state index in [2.05, 4.69) is 87.8 Å². The SMILES string of the molecule is c1ccc(-c2nc(-c3ccccc3)nc(-c3cccc(-c4cccc(-n5c6ccccc6n6c7c(nc56)oc5ccccc57)c4)c3)n2)cc1. The molecule has 4 aromatic heterocycles. The number of aromatic nitrogens is 6. The zero-order chi connectivity index (χ0) is 32.3. The molecule has 7 heteroatoms. The number of hydrogen-bond donors (Lipinski definition) is 0. The van der Waals surface area contributed by atoms with Crippen LogP contribution in [0.1, 0.15) is 0 Å². The number of imidazole rings is 2. The molecule has 0 amide bonds. The van der Waals surface area contributed by atoms with E-state index in [9.17, 15) is 0 Å². The lowest BCUT2D eigenvalue weighted by atomic mass is 10.0. The van der Waals surface area contributed by atoms with Crippen LogP contribution in [-0.4, -0.2) is 28.9 Å². The summed E-state index contributed by atoms with van der Waals surface area (Å²) < 4.78 is 10.6. The second-order valence-corrected chi connectivity index (χ2v) is 12.0. The lowest BCUT2D eigenvalue weighted by molar-refractivity contribution is 0.656. The predicted octanol–water partition coefficient (Wildman–Crippen LogP) is 10.0. The van der Waals surface area contributed by atoms with Gasteiger partial charge in [-0.15, -0.1) is 0 Å². The first-order valence-electron chi connectivity index (χ1n) is 16.2. The first kappa shape index (κ1) is 27.3. The molecule has 10 aromatic rings. The molecule has 0 aliphatic rings. The van der Waals surface area contributed by atoms with E-state index >= 15 is 0 Å². The number of furan rings is 1. The first-order valence-corrected chi connectivity index (χ1v) is 16.2. The van der Waals surface area contributed by atoms with Gasteiger partial charge in [0.2, 0.25) is 11.5 Å². The molecular formula is C42H26N6O. The summed E-state index contributed by atoms with van der Waals surface area (Å²) in [7, 11) is 0. The number of fused-ring (bicyclic) bond motifs is 7. The number of hydrogen-bond acceptors (Lipinski definition) is 5. The van der Waals surface area contributed by atoms with E-state index in [1.807, 2.05) is 78.9 Å². The maximum absolute atomic E-state index is 6.20. The molecule has 10 rings (SSSR count). The summed E-state index contributed by atoms with van der Waals surface area (Å²) in [5, 5.41) is 1.04. The van der Waals surface area contributed by atoms with E-state index in [-0.39, 0.29) is 0 Å². The highest BCUT2D eigenvalue weighted by Gasteiger charge is 2.21. The zero-order valence-corrected chi connectivity index (χ0v) is 26.1. The second kappa shape index (κ2) is 10.9. The Hall–Kier alpha value is -6.86. The van der Waals surface area contributed by atoms with Gasteiger partial charge in [-0.1, -0.05) is 115 Å². The molecule has 230 valence electrons. The quantitative estimate of drug-likeness (QED) is 0.189. The summed E-state index contributed by atoms with van der Waals surface area (Å²) in [5.74, 6) is 2.70. The Morgan fingerprint density at radius 1 is 0.429 bits per heavy atom. The number of nitrogens with zero attached hydrogens (tertiary/aromatic N) is 6. The standard InChI is InChI=1S/C42H26N6O/c1-3-13-27(14-4-1)38-43-39(28-15-5-2-6-16-28)45-40(44-38)31-19-11-17-29(25-31)30-18-12-20-32(26-30)47-34-22-8-9-23-35(34)48-37-33-21-7-10-24-36(33)49-41(37)46-42(47)48/h1-26H. The largest absolute Gasteiger partial charge is 0.436 e. The third-order valence-corrected chi connectivity index (χ3v) is 9.00. The van der Waals surface area contributed by atoms with Crippen molar-refractivity contribution in [2.45, 2.75) is 0 Å². The van der Waals surface area contributed by atoms with Crippen LogP contribution in [0.2, 0.25) is 0 Å². The molecule has 0 spiro atoms. The number of rotatable bonds is 5. The number of benzene rings is 6. The zero-order valence-electron chi connectivity index (χ0n) is 26.1. The second-order valence-electron chi connectivity index (χ2n) is 12.0. The van der Waals surface area contributed by atoms with Crippen molar-refractivity contribution >= 4 is 39.0 Å². The highest BCUT2D eigenvalue weighted by atomic mass is 16.3. The van der Waals surface area contributed by atoms with Crippen LogP contribution in [0.4, 0.5) is 0 Å². The third-order valence-electron chi connectivity index (χ3n) is 9.00. The minimum atomic E-state index is 0.621. The van der Waals surface area contributed by atoms with Crippen molar-refractivity contribution in [3.05, 3.63) is 158 Å². The van der Waals surface area contributed by atoms with Crippen molar-refractivity contribution in [3.63, 3.8) is 0 Å². The molecule has 0 bridgehead atoms. The van der Waals surface area contributed by atoms with Crippen molar-refractivity contribution in [3.8, 4) is 51.0 Å². The van der Waals surface area contributed by atoms with Gasteiger partial charge >= 0.3 is 0 Å². The van der Waals surface area contributed by atoms with Crippen LogP contribution in [0.5, 0.6) is 0 Å². The molecule has 6 aromatic carbocycles. The van der Waals surface area contributed by atoms with Crippen LogP contribution in [-0.2, 0) is 0 Å². The van der Waals surface area contributed by atoms with E-state index in [0.717, 1.165) is 66.8 Å². The van der Waals surface area contributed by atoms with Crippen LogP contribution in [0.3, 0.4) is 0 Å². The van der Waals surface area contributed by atoms with Crippen molar-refractivity contribution in [2.24, 2.45) is 0 Å². The summed E-state index contributed by atoms with van der Waals surface area (Å²) in [6.07, 6.45) is 0. The Bertz CT molecular complexity index is 2770. The fourth-order valence-corrected chi connectivity index (χ4v) is 6.73. The molecule has 0 aliphatic carbocycles. The highest BCUT2D eigenvalue weighted by Crippen LogP contribution is 2.36. The summed E-state index contributed by atoms with van der Waals surface area (Å²) in [5.41, 5.74) is 10.5. The van der Waals surface area contributed by atoms with Crippen LogP contribution in [0, 0.1) is 0 Å². The normalized spacial score (nSPS) is 11.7. The Kier molecular flexibility index (Phi) is 6.04. The molecule has 49 heavy (non-hydrogen) atoms. The fourth-order valence-electron chi connectivity index (χ4n) is 6.73. The topological polar surface area (TPSA) is 74.0 Å². The summed E-state index contributed by atoms with van der Waals surface area (Å²) in [4.78, 5) is 19.8.